The van der Waals surface area contributed by atoms with Crippen LogP contribution in [-0.4, -0.2) is 20.1 Å². The average molecular weight is 475 g/mol. The highest BCUT2D eigenvalue weighted by Crippen LogP contribution is 2.42. The lowest BCUT2D eigenvalue weighted by Crippen LogP contribution is -2.25. The van der Waals surface area contributed by atoms with Gasteiger partial charge in [-0.2, -0.15) is 0 Å². The van der Waals surface area contributed by atoms with E-state index in [1.807, 2.05) is 13.8 Å². The molecule has 6 rings (SSSR count). The van der Waals surface area contributed by atoms with Gasteiger partial charge in [0.15, 0.2) is 5.78 Å². The maximum absolute atomic E-state index is 13.5. The molecule has 1 amide bonds. The quantitative estimate of drug-likeness (QED) is 0.413. The second-order valence-corrected chi connectivity index (χ2v) is 11.6. The molecule has 0 radical (unpaired) electrons. The lowest BCUT2D eigenvalue weighted by Gasteiger charge is -2.27. The molecule has 7 nitrogen and oxygen atoms in total. The molecule has 0 unspecified atom stereocenters. The summed E-state index contributed by atoms with van der Waals surface area (Å²) in [4.78, 5) is 25.2. The fourth-order valence-corrected chi connectivity index (χ4v) is 6.48. The van der Waals surface area contributed by atoms with Crippen LogP contribution in [0.5, 0.6) is 0 Å². The van der Waals surface area contributed by atoms with Crippen LogP contribution >= 0.6 is 0 Å². The van der Waals surface area contributed by atoms with Gasteiger partial charge in [-0.3, -0.25) is 14.3 Å². The molecule has 8 heteroatoms. The molecule has 0 bridgehead atoms. The molecular weight excluding hydrogens is 452 g/mol. The Kier molecular flexibility index (Phi) is 4.12. The molecule has 1 aliphatic carbocycles. The maximum Gasteiger partial charge on any atom is 0.262 e. The molecular formula is C26H22N2O5S. The fourth-order valence-electron chi connectivity index (χ4n) is 5.15. The Morgan fingerprint density at radius 1 is 1.03 bits per heavy atom. The Labute approximate surface area is 196 Å². The molecule has 4 aromatic rings. The highest BCUT2D eigenvalue weighted by atomic mass is 32.2. The van der Waals surface area contributed by atoms with Crippen LogP contribution in [0.25, 0.3) is 21.7 Å². The summed E-state index contributed by atoms with van der Waals surface area (Å²) in [5.41, 5.74) is 3.05. The van der Waals surface area contributed by atoms with E-state index in [4.69, 9.17) is 4.42 Å². The van der Waals surface area contributed by atoms with E-state index in [1.54, 1.807) is 43.3 Å². The summed E-state index contributed by atoms with van der Waals surface area (Å²) in [6, 6.07) is 11.6. The molecule has 1 aliphatic heterocycles. The van der Waals surface area contributed by atoms with Crippen molar-refractivity contribution in [2.75, 3.05) is 10.0 Å². The summed E-state index contributed by atoms with van der Waals surface area (Å²) in [6.07, 6.45) is 1.06. The van der Waals surface area contributed by atoms with Gasteiger partial charge in [-0.1, -0.05) is 26.0 Å². The number of fused-ring (bicyclic) bond motifs is 3. The van der Waals surface area contributed by atoms with Crippen molar-refractivity contribution in [2.24, 2.45) is 5.41 Å². The van der Waals surface area contributed by atoms with Gasteiger partial charge in [0.1, 0.15) is 11.3 Å². The van der Waals surface area contributed by atoms with Crippen LogP contribution in [0.4, 0.5) is 11.4 Å². The van der Waals surface area contributed by atoms with Gasteiger partial charge in [0.25, 0.3) is 15.9 Å². The molecule has 0 saturated heterocycles. The van der Waals surface area contributed by atoms with Crippen molar-refractivity contribution < 1.29 is 22.4 Å². The number of hydrogen-bond acceptors (Lipinski definition) is 5. The first-order valence-electron chi connectivity index (χ1n) is 11.0. The van der Waals surface area contributed by atoms with Gasteiger partial charge in [-0.05, 0) is 48.2 Å². The average Bonchev–Trinajstić information content (AvgIpc) is 3.25. The number of Topliss-reactive ketones (excluding diaryl/α,β-unsaturated/α-hetero) is 1. The van der Waals surface area contributed by atoms with Crippen molar-refractivity contribution in [1.82, 2.24) is 0 Å². The number of ketones is 1. The van der Waals surface area contributed by atoms with Crippen molar-refractivity contribution in [3.8, 4) is 0 Å². The normalized spacial score (nSPS) is 16.7. The summed E-state index contributed by atoms with van der Waals surface area (Å²) >= 11 is 0. The van der Waals surface area contributed by atoms with Gasteiger partial charge in [-0.25, -0.2) is 8.42 Å². The zero-order valence-corrected chi connectivity index (χ0v) is 19.7. The molecule has 172 valence electrons. The van der Waals surface area contributed by atoms with Crippen LogP contribution in [0.1, 0.15) is 52.3 Å². The second kappa shape index (κ2) is 6.70. The Balaban J connectivity index is 1.47. The monoisotopic (exact) mass is 474 g/mol. The van der Waals surface area contributed by atoms with Crippen molar-refractivity contribution in [2.45, 2.75) is 38.5 Å². The minimum Gasteiger partial charge on any atom is -0.460 e. The topological polar surface area (TPSA) is 105 Å². The van der Waals surface area contributed by atoms with Crippen LogP contribution in [0, 0.1) is 12.3 Å². The first-order chi connectivity index (χ1) is 16.0. The standard InChI is InChI=1S/C26H22N2O5S/c1-13-9-20-16(24-19(29)11-26(2,3)12-21(24)33-20)10-18(13)28-34(31,32)22-8-7-17-23-14(22)5-4-6-15(23)25(30)27-17/h4-10,28H,11-12H2,1-3H3,(H,27,30). The SMILES string of the molecule is Cc1cc2oc3c(c2cc1NS(=O)(=O)c1ccc2c4c(cccc14)C(=O)N2)C(=O)CC(C)(C)C3. The molecule has 34 heavy (non-hydrogen) atoms. The number of anilines is 2. The highest BCUT2D eigenvalue weighted by Gasteiger charge is 2.35. The molecule has 0 atom stereocenters. The maximum atomic E-state index is 13.5. The summed E-state index contributed by atoms with van der Waals surface area (Å²) < 4.78 is 35.7. The first-order valence-corrected chi connectivity index (χ1v) is 12.5. The largest absolute Gasteiger partial charge is 0.460 e. The van der Waals surface area contributed by atoms with Crippen molar-refractivity contribution >= 4 is 54.8 Å². The van der Waals surface area contributed by atoms with Crippen molar-refractivity contribution in [3.05, 3.63) is 64.9 Å². The number of nitrogens with one attached hydrogen (secondary N) is 2. The molecule has 2 N–H and O–H groups in total. The molecule has 3 aromatic carbocycles. The van der Waals surface area contributed by atoms with E-state index in [0.717, 1.165) is 0 Å². The van der Waals surface area contributed by atoms with Gasteiger partial charge in [-0.15, -0.1) is 0 Å². The number of hydrogen-bond donors (Lipinski definition) is 2. The summed E-state index contributed by atoms with van der Waals surface area (Å²) in [6.45, 7) is 5.86. The number of rotatable bonds is 3. The highest BCUT2D eigenvalue weighted by molar-refractivity contribution is 7.93. The molecule has 2 heterocycles. The van der Waals surface area contributed by atoms with Crippen molar-refractivity contribution in [1.29, 1.82) is 0 Å². The van der Waals surface area contributed by atoms with Gasteiger partial charge in [0.05, 0.1) is 16.1 Å². The molecule has 1 aromatic heterocycles. The number of furan rings is 1. The minimum atomic E-state index is -4.00. The molecule has 2 aliphatic rings. The zero-order chi connectivity index (χ0) is 24.0. The number of sulfonamides is 1. The van der Waals surface area contributed by atoms with E-state index < -0.39 is 10.0 Å². The van der Waals surface area contributed by atoms with E-state index >= 15 is 0 Å². The van der Waals surface area contributed by atoms with Crippen LogP contribution in [0.3, 0.4) is 0 Å². The summed E-state index contributed by atoms with van der Waals surface area (Å²) in [5, 5.41) is 4.45. The third-order valence-electron chi connectivity index (χ3n) is 6.69. The lowest BCUT2D eigenvalue weighted by atomic mass is 9.76. The predicted molar refractivity (Wildman–Crippen MR) is 130 cm³/mol. The van der Waals surface area contributed by atoms with E-state index in [-0.39, 0.29) is 22.0 Å². The molecule has 0 spiro atoms. The summed E-state index contributed by atoms with van der Waals surface area (Å²) in [5.74, 6) is 0.412. The lowest BCUT2D eigenvalue weighted by molar-refractivity contribution is 0.0905. The number of carbonyl (C=O) groups excluding carboxylic acids is 2. The van der Waals surface area contributed by atoms with Crippen LogP contribution in [0.15, 0.2) is 51.8 Å². The fraction of sp³-hybridized carbons (Fsp3) is 0.231. The smallest absolute Gasteiger partial charge is 0.262 e. The number of benzene rings is 3. The Hall–Kier alpha value is -3.65. The third-order valence-corrected chi connectivity index (χ3v) is 8.12. The first kappa shape index (κ1) is 20.9. The van der Waals surface area contributed by atoms with E-state index in [1.165, 1.54) is 6.07 Å². The number of aryl methyl sites for hydroxylation is 1. The van der Waals surface area contributed by atoms with E-state index in [0.29, 0.717) is 68.4 Å². The van der Waals surface area contributed by atoms with Gasteiger partial charge in [0, 0.05) is 40.3 Å². The minimum absolute atomic E-state index is 0.00679. The Bertz CT molecular complexity index is 1700. The number of amides is 1. The third kappa shape index (κ3) is 2.98. The van der Waals surface area contributed by atoms with Gasteiger partial charge in [0.2, 0.25) is 0 Å². The number of carbonyl (C=O) groups is 2. The Morgan fingerprint density at radius 3 is 2.62 bits per heavy atom. The van der Waals surface area contributed by atoms with Crippen LogP contribution in [-0.2, 0) is 16.4 Å². The van der Waals surface area contributed by atoms with E-state index in [2.05, 4.69) is 10.0 Å². The van der Waals surface area contributed by atoms with E-state index in [9.17, 15) is 18.0 Å². The molecule has 0 fully saturated rings. The van der Waals surface area contributed by atoms with Gasteiger partial charge < -0.3 is 9.73 Å². The van der Waals surface area contributed by atoms with Crippen LogP contribution < -0.4 is 10.0 Å². The summed E-state index contributed by atoms with van der Waals surface area (Å²) in [7, 11) is -4.00. The second-order valence-electron chi connectivity index (χ2n) is 9.90. The zero-order valence-electron chi connectivity index (χ0n) is 18.9. The predicted octanol–water partition coefficient (Wildman–Crippen LogP) is 5.42. The van der Waals surface area contributed by atoms with Crippen molar-refractivity contribution in [3.63, 3.8) is 0 Å². The Morgan fingerprint density at radius 2 is 1.82 bits per heavy atom. The molecule has 0 saturated carbocycles. The van der Waals surface area contributed by atoms with Gasteiger partial charge >= 0.3 is 0 Å². The van der Waals surface area contributed by atoms with Crippen LogP contribution in [0.2, 0.25) is 0 Å².